The van der Waals surface area contributed by atoms with Crippen LogP contribution in [0.25, 0.3) is 0 Å². The summed E-state index contributed by atoms with van der Waals surface area (Å²) in [5.74, 6) is -1.81. The van der Waals surface area contributed by atoms with Crippen molar-refractivity contribution in [1.29, 1.82) is 0 Å². The molecule has 0 aliphatic heterocycles. The van der Waals surface area contributed by atoms with Crippen LogP contribution >= 0.6 is 0 Å². The molecule has 0 radical (unpaired) electrons. The van der Waals surface area contributed by atoms with E-state index >= 15 is 0 Å². The largest absolute Gasteiger partial charge is 2.00 e. The molecule has 0 aromatic heterocycles. The molecule has 43 heavy (non-hydrogen) atoms. The Morgan fingerprint density at radius 2 is 0.628 bits per heavy atom. The van der Waals surface area contributed by atoms with E-state index in [1.165, 1.54) is 141 Å². The number of carboxylic acid groups (broad SMARTS) is 2. The SMILES string of the molecule is CCCCCCCCCCCCCCCC(=O)[O-].CCCCCCCCCCCCCCCC(=O)[O-].OCC(O)CO.[Ca+2]. The van der Waals surface area contributed by atoms with E-state index in [0.717, 1.165) is 25.7 Å². The van der Waals surface area contributed by atoms with Crippen LogP contribution in [0, 0.1) is 0 Å². The van der Waals surface area contributed by atoms with Crippen molar-refractivity contribution < 1.29 is 35.1 Å². The van der Waals surface area contributed by atoms with Crippen LogP contribution in [-0.2, 0) is 9.59 Å². The Kier molecular flexibility index (Phi) is 54.0. The van der Waals surface area contributed by atoms with Gasteiger partial charge in [0, 0.05) is 11.9 Å². The molecule has 0 atom stereocenters. The number of carbonyl (C=O) groups excluding carboxylic acids is 2. The van der Waals surface area contributed by atoms with Crippen LogP contribution in [0.2, 0.25) is 0 Å². The summed E-state index contributed by atoms with van der Waals surface area (Å²) in [6, 6.07) is 0. The number of rotatable bonds is 30. The molecule has 0 aromatic carbocycles. The predicted molar refractivity (Wildman–Crippen MR) is 177 cm³/mol. The molecule has 0 rings (SSSR count). The number of carboxylic acids is 2. The zero-order chi connectivity index (χ0) is 31.9. The fourth-order valence-electron chi connectivity index (χ4n) is 4.63. The molecule has 0 unspecified atom stereocenters. The zero-order valence-electron chi connectivity index (χ0n) is 28.5. The van der Waals surface area contributed by atoms with E-state index in [1.54, 1.807) is 0 Å². The standard InChI is InChI=1S/2C16H32O2.C3H8O3.Ca/c2*1-2-3-4-5-6-7-8-9-10-11-12-13-14-15-16(17)18;4-1-3(6)2-5;/h2*2-15H2,1H3,(H,17,18);3-6H,1-2H2;/q;;;+2/p-2. The third kappa shape index (κ3) is 58.2. The van der Waals surface area contributed by atoms with Gasteiger partial charge in [0.25, 0.3) is 0 Å². The van der Waals surface area contributed by atoms with E-state index < -0.39 is 18.0 Å². The third-order valence-electron chi connectivity index (χ3n) is 7.39. The van der Waals surface area contributed by atoms with Crippen LogP contribution < -0.4 is 10.2 Å². The van der Waals surface area contributed by atoms with Crippen molar-refractivity contribution in [3.05, 3.63) is 0 Å². The Hall–Kier alpha value is 0.0797. The monoisotopic (exact) mass is 642 g/mol. The van der Waals surface area contributed by atoms with E-state index in [0.29, 0.717) is 0 Å². The summed E-state index contributed by atoms with van der Waals surface area (Å²) < 4.78 is 0. The van der Waals surface area contributed by atoms with Gasteiger partial charge in [-0.1, -0.05) is 168 Å². The fraction of sp³-hybridized carbons (Fsp3) is 0.943. The van der Waals surface area contributed by atoms with Crippen molar-refractivity contribution in [2.45, 2.75) is 200 Å². The second-order valence-electron chi connectivity index (χ2n) is 11.7. The van der Waals surface area contributed by atoms with E-state index in [2.05, 4.69) is 13.8 Å². The van der Waals surface area contributed by atoms with Crippen molar-refractivity contribution in [2.24, 2.45) is 0 Å². The maximum Gasteiger partial charge on any atom is 2.00 e. The Balaban J connectivity index is -0.000000292. The minimum absolute atomic E-state index is 0. The predicted octanol–water partition coefficient (Wildman–Crippen LogP) is 6.39. The second kappa shape index (κ2) is 46.5. The maximum absolute atomic E-state index is 10.2. The molecule has 0 aliphatic carbocycles. The Morgan fingerprint density at radius 1 is 0.442 bits per heavy atom. The minimum Gasteiger partial charge on any atom is -0.550 e. The summed E-state index contributed by atoms with van der Waals surface area (Å²) in [4.78, 5) is 20.4. The maximum atomic E-state index is 10.2. The Morgan fingerprint density at radius 3 is 0.767 bits per heavy atom. The third-order valence-corrected chi connectivity index (χ3v) is 7.39. The molecule has 254 valence electrons. The van der Waals surface area contributed by atoms with Crippen LogP contribution in [0.1, 0.15) is 194 Å². The van der Waals surface area contributed by atoms with Crippen molar-refractivity contribution in [3.63, 3.8) is 0 Å². The van der Waals surface area contributed by atoms with Gasteiger partial charge in [0.1, 0.15) is 6.10 Å². The molecule has 0 saturated carbocycles. The van der Waals surface area contributed by atoms with Gasteiger partial charge in [0.2, 0.25) is 0 Å². The van der Waals surface area contributed by atoms with Crippen LogP contribution in [-0.4, -0.2) is 84.3 Å². The molecule has 3 N–H and O–H groups in total. The molecule has 0 heterocycles. The molecule has 0 fully saturated rings. The second-order valence-corrected chi connectivity index (χ2v) is 11.7. The van der Waals surface area contributed by atoms with Crippen LogP contribution in [0.4, 0.5) is 0 Å². The Bertz CT molecular complexity index is 476. The van der Waals surface area contributed by atoms with E-state index in [9.17, 15) is 19.8 Å². The van der Waals surface area contributed by atoms with Gasteiger partial charge in [-0.15, -0.1) is 0 Å². The molecular weight excluding hydrogens is 572 g/mol. The molecule has 0 bridgehead atoms. The molecule has 0 amide bonds. The smallest absolute Gasteiger partial charge is 0.550 e. The van der Waals surface area contributed by atoms with Crippen LogP contribution in [0.15, 0.2) is 0 Å². The van der Waals surface area contributed by atoms with E-state index in [1.807, 2.05) is 0 Å². The van der Waals surface area contributed by atoms with Gasteiger partial charge in [0.05, 0.1) is 13.2 Å². The van der Waals surface area contributed by atoms with Gasteiger partial charge in [0.15, 0.2) is 0 Å². The average molecular weight is 643 g/mol. The number of aliphatic hydroxyl groups is 3. The summed E-state index contributed by atoms with van der Waals surface area (Å²) in [7, 11) is 0. The quantitative estimate of drug-likeness (QED) is 0.0609. The number of aliphatic hydroxyl groups excluding tert-OH is 3. The number of carbonyl (C=O) groups is 2. The summed E-state index contributed by atoms with van der Waals surface area (Å²) in [6.07, 6.45) is 32.9. The normalized spacial score (nSPS) is 10.4. The molecular formula is C35H70CaO7. The summed E-state index contributed by atoms with van der Waals surface area (Å²) in [5, 5.41) is 44.4. The molecule has 7 nitrogen and oxygen atoms in total. The molecule has 0 spiro atoms. The first-order valence-corrected chi connectivity index (χ1v) is 17.6. The van der Waals surface area contributed by atoms with Crippen molar-refractivity contribution >= 4 is 49.7 Å². The van der Waals surface area contributed by atoms with Gasteiger partial charge in [-0.25, -0.2) is 0 Å². The topological polar surface area (TPSA) is 141 Å². The first-order chi connectivity index (χ1) is 20.3. The van der Waals surface area contributed by atoms with Gasteiger partial charge >= 0.3 is 37.7 Å². The summed E-state index contributed by atoms with van der Waals surface area (Å²) in [5.41, 5.74) is 0. The molecule has 8 heteroatoms. The molecule has 0 aromatic rings. The number of unbranched alkanes of at least 4 members (excludes halogenated alkanes) is 24. The van der Waals surface area contributed by atoms with E-state index in [4.69, 9.17) is 15.3 Å². The summed E-state index contributed by atoms with van der Waals surface area (Å²) in [6.45, 7) is 3.78. The van der Waals surface area contributed by atoms with Crippen molar-refractivity contribution in [1.82, 2.24) is 0 Å². The van der Waals surface area contributed by atoms with Crippen molar-refractivity contribution in [2.75, 3.05) is 13.2 Å². The van der Waals surface area contributed by atoms with Gasteiger partial charge in [-0.3, -0.25) is 0 Å². The first kappa shape index (κ1) is 49.9. The number of hydrogen-bond donors (Lipinski definition) is 3. The zero-order valence-corrected chi connectivity index (χ0v) is 30.7. The summed E-state index contributed by atoms with van der Waals surface area (Å²) >= 11 is 0. The van der Waals surface area contributed by atoms with Crippen LogP contribution in [0.3, 0.4) is 0 Å². The van der Waals surface area contributed by atoms with Gasteiger partial charge in [-0.05, 0) is 25.7 Å². The number of aliphatic carboxylic acids is 2. The van der Waals surface area contributed by atoms with Crippen molar-refractivity contribution in [3.8, 4) is 0 Å². The number of hydrogen-bond acceptors (Lipinski definition) is 7. The first-order valence-electron chi connectivity index (χ1n) is 17.6. The van der Waals surface area contributed by atoms with Crippen LogP contribution in [0.5, 0.6) is 0 Å². The minimum atomic E-state index is -0.954. The Labute approximate surface area is 296 Å². The molecule has 0 aliphatic rings. The van der Waals surface area contributed by atoms with Gasteiger partial charge in [-0.2, -0.15) is 0 Å². The average Bonchev–Trinajstić information content (AvgIpc) is 2.97. The van der Waals surface area contributed by atoms with Gasteiger partial charge < -0.3 is 35.1 Å². The fourth-order valence-corrected chi connectivity index (χ4v) is 4.63. The van der Waals surface area contributed by atoms with E-state index in [-0.39, 0.29) is 63.8 Å². The molecule has 0 saturated heterocycles.